The zero-order chi connectivity index (χ0) is 25.3. The van der Waals surface area contributed by atoms with Crippen LogP contribution in [0.4, 0.5) is 23.7 Å². The van der Waals surface area contributed by atoms with Crippen molar-refractivity contribution >= 4 is 40.9 Å². The molecule has 0 radical (unpaired) electrons. The maximum absolute atomic E-state index is 13.3. The van der Waals surface area contributed by atoms with Gasteiger partial charge in [0.05, 0.1) is 30.1 Å². The van der Waals surface area contributed by atoms with Gasteiger partial charge in [-0.25, -0.2) is 14.7 Å². The number of carbonyl (C=O) groups excluding carboxylic acids is 3. The van der Waals surface area contributed by atoms with Crippen LogP contribution in [0, 0.1) is 5.41 Å². The fourth-order valence-electron chi connectivity index (χ4n) is 3.53. The van der Waals surface area contributed by atoms with Crippen molar-refractivity contribution in [2.75, 3.05) is 18.1 Å². The number of halogens is 4. The SMILES string of the molecule is CCOC(=O)C1(C)CN(C(=O)N(C(C)=O)c2ccc(C(F)(F)F)cc2)N=C1c1ccc(Cl)cc1. The summed E-state index contributed by atoms with van der Waals surface area (Å²) in [7, 11) is 0. The summed E-state index contributed by atoms with van der Waals surface area (Å²) in [6.07, 6.45) is -4.57. The van der Waals surface area contributed by atoms with Crippen LogP contribution in [0.3, 0.4) is 0 Å². The molecule has 11 heteroatoms. The van der Waals surface area contributed by atoms with Crippen molar-refractivity contribution in [1.29, 1.82) is 0 Å². The standard InChI is InChI=1S/C23H21ClF3N3O4/c1-4-34-20(32)22(3)13-29(28-19(22)15-5-9-17(24)10-6-15)21(33)30(14(2)31)18-11-7-16(8-12-18)23(25,26)27/h5-12H,4,13H2,1-3H3. The van der Waals surface area contributed by atoms with Crippen molar-refractivity contribution in [2.45, 2.75) is 26.9 Å². The van der Waals surface area contributed by atoms with E-state index in [4.69, 9.17) is 16.3 Å². The van der Waals surface area contributed by atoms with E-state index in [0.717, 1.165) is 36.2 Å². The molecule has 1 aliphatic heterocycles. The summed E-state index contributed by atoms with van der Waals surface area (Å²) in [4.78, 5) is 39.1. The number of ether oxygens (including phenoxy) is 1. The maximum atomic E-state index is 13.3. The monoisotopic (exact) mass is 495 g/mol. The fourth-order valence-corrected chi connectivity index (χ4v) is 3.65. The van der Waals surface area contributed by atoms with E-state index in [9.17, 15) is 27.6 Å². The molecule has 3 rings (SSSR count). The van der Waals surface area contributed by atoms with Crippen LogP contribution in [0.25, 0.3) is 0 Å². The topological polar surface area (TPSA) is 79.3 Å². The second-order valence-corrected chi connectivity index (χ2v) is 8.18. The lowest BCUT2D eigenvalue weighted by atomic mass is 9.82. The van der Waals surface area contributed by atoms with Crippen LogP contribution in [0.2, 0.25) is 5.02 Å². The van der Waals surface area contributed by atoms with E-state index in [1.54, 1.807) is 38.1 Å². The van der Waals surface area contributed by atoms with Crippen LogP contribution in [0.15, 0.2) is 53.6 Å². The molecular formula is C23H21ClF3N3O4. The van der Waals surface area contributed by atoms with Crippen molar-refractivity contribution in [2.24, 2.45) is 10.5 Å². The van der Waals surface area contributed by atoms with Crippen molar-refractivity contribution in [3.05, 3.63) is 64.7 Å². The third-order valence-electron chi connectivity index (χ3n) is 5.23. The van der Waals surface area contributed by atoms with Crippen LogP contribution in [0.1, 0.15) is 31.9 Å². The number of anilines is 1. The van der Waals surface area contributed by atoms with Gasteiger partial charge in [-0.15, -0.1) is 0 Å². The zero-order valence-electron chi connectivity index (χ0n) is 18.5. The molecular weight excluding hydrogens is 475 g/mol. The Morgan fingerprint density at radius 1 is 1.12 bits per heavy atom. The number of esters is 1. The summed E-state index contributed by atoms with van der Waals surface area (Å²) in [5.74, 6) is -1.36. The minimum atomic E-state index is -4.57. The van der Waals surface area contributed by atoms with Gasteiger partial charge in [0.25, 0.3) is 0 Å². The van der Waals surface area contributed by atoms with Crippen molar-refractivity contribution in [3.8, 4) is 0 Å². The minimum Gasteiger partial charge on any atom is -0.465 e. The molecule has 0 bridgehead atoms. The van der Waals surface area contributed by atoms with Crippen molar-refractivity contribution in [1.82, 2.24) is 5.01 Å². The molecule has 2 aromatic carbocycles. The predicted molar refractivity (Wildman–Crippen MR) is 119 cm³/mol. The average molecular weight is 496 g/mol. The lowest BCUT2D eigenvalue weighted by molar-refractivity contribution is -0.150. The molecule has 2 aromatic rings. The molecule has 0 saturated carbocycles. The molecule has 3 amide bonds. The normalized spacial score (nSPS) is 17.9. The number of rotatable bonds is 4. The van der Waals surface area contributed by atoms with Gasteiger partial charge in [0, 0.05) is 11.9 Å². The molecule has 0 aromatic heterocycles. The Bertz CT molecular complexity index is 1130. The molecule has 0 aliphatic carbocycles. The van der Waals surface area contributed by atoms with Crippen LogP contribution in [0.5, 0.6) is 0 Å². The summed E-state index contributed by atoms with van der Waals surface area (Å²) in [6.45, 7) is 4.15. The summed E-state index contributed by atoms with van der Waals surface area (Å²) in [5.41, 5.74) is -1.61. The fraction of sp³-hybridized carbons (Fsp3) is 0.304. The number of urea groups is 1. The number of hydrogen-bond donors (Lipinski definition) is 0. The van der Waals surface area contributed by atoms with E-state index in [0.29, 0.717) is 15.5 Å². The Morgan fingerprint density at radius 2 is 1.71 bits per heavy atom. The molecule has 1 atom stereocenters. The highest BCUT2D eigenvalue weighted by Gasteiger charge is 2.49. The van der Waals surface area contributed by atoms with Crippen LogP contribution < -0.4 is 4.90 Å². The Kier molecular flexibility index (Phi) is 7.02. The summed E-state index contributed by atoms with van der Waals surface area (Å²) in [6, 6.07) is 9.11. The van der Waals surface area contributed by atoms with E-state index < -0.39 is 35.1 Å². The number of amides is 3. The Labute approximate surface area is 198 Å². The smallest absolute Gasteiger partial charge is 0.416 e. The quantitative estimate of drug-likeness (QED) is 0.551. The Morgan fingerprint density at radius 3 is 2.21 bits per heavy atom. The molecule has 1 heterocycles. The molecule has 0 N–H and O–H groups in total. The van der Waals surface area contributed by atoms with E-state index in [2.05, 4.69) is 5.10 Å². The average Bonchev–Trinajstić information content (AvgIpc) is 3.13. The first kappa shape index (κ1) is 25.2. The molecule has 1 unspecified atom stereocenters. The third kappa shape index (κ3) is 4.91. The largest absolute Gasteiger partial charge is 0.465 e. The van der Waals surface area contributed by atoms with Gasteiger partial charge in [-0.1, -0.05) is 23.7 Å². The van der Waals surface area contributed by atoms with E-state index in [-0.39, 0.29) is 24.6 Å². The molecule has 34 heavy (non-hydrogen) atoms. The lowest BCUT2D eigenvalue weighted by Gasteiger charge is -2.26. The van der Waals surface area contributed by atoms with E-state index >= 15 is 0 Å². The molecule has 0 fully saturated rings. The number of nitrogens with zero attached hydrogens (tertiary/aromatic N) is 3. The lowest BCUT2D eigenvalue weighted by Crippen LogP contribution is -2.46. The highest BCUT2D eigenvalue weighted by atomic mass is 35.5. The molecule has 1 aliphatic rings. The van der Waals surface area contributed by atoms with Gasteiger partial charge in [-0.2, -0.15) is 18.3 Å². The number of hydrazone groups is 1. The first-order chi connectivity index (χ1) is 15.9. The van der Waals surface area contributed by atoms with Gasteiger partial charge in [-0.3, -0.25) is 9.59 Å². The predicted octanol–water partition coefficient (Wildman–Crippen LogP) is 5.12. The Hall–Kier alpha value is -3.40. The molecule has 0 spiro atoms. The Balaban J connectivity index is 2.00. The van der Waals surface area contributed by atoms with Gasteiger partial charge >= 0.3 is 18.2 Å². The van der Waals surface area contributed by atoms with Gasteiger partial charge in [-0.05, 0) is 55.8 Å². The molecule has 7 nitrogen and oxygen atoms in total. The highest BCUT2D eigenvalue weighted by Crippen LogP contribution is 2.35. The van der Waals surface area contributed by atoms with Crippen LogP contribution in [-0.2, 0) is 20.5 Å². The van der Waals surface area contributed by atoms with Crippen molar-refractivity contribution in [3.63, 3.8) is 0 Å². The molecule has 0 saturated heterocycles. The van der Waals surface area contributed by atoms with Gasteiger partial charge in [0.2, 0.25) is 5.91 Å². The zero-order valence-corrected chi connectivity index (χ0v) is 19.3. The summed E-state index contributed by atoms with van der Waals surface area (Å²) >= 11 is 5.95. The summed E-state index contributed by atoms with van der Waals surface area (Å²) < 4.78 is 43.9. The number of carbonyl (C=O) groups is 3. The van der Waals surface area contributed by atoms with E-state index in [1.807, 2.05) is 0 Å². The number of alkyl halides is 3. The van der Waals surface area contributed by atoms with Gasteiger partial charge in [0.1, 0.15) is 5.41 Å². The highest BCUT2D eigenvalue weighted by molar-refractivity contribution is 6.30. The number of imide groups is 1. The van der Waals surface area contributed by atoms with Crippen LogP contribution >= 0.6 is 11.6 Å². The van der Waals surface area contributed by atoms with E-state index in [1.165, 1.54) is 0 Å². The van der Waals surface area contributed by atoms with Crippen molar-refractivity contribution < 1.29 is 32.3 Å². The third-order valence-corrected chi connectivity index (χ3v) is 5.48. The number of benzene rings is 2. The summed E-state index contributed by atoms with van der Waals surface area (Å²) in [5, 5.41) is 5.70. The second kappa shape index (κ2) is 9.46. The van der Waals surface area contributed by atoms with Gasteiger partial charge in [0.15, 0.2) is 0 Å². The van der Waals surface area contributed by atoms with Gasteiger partial charge < -0.3 is 4.74 Å². The first-order valence-electron chi connectivity index (χ1n) is 10.2. The first-order valence-corrected chi connectivity index (χ1v) is 10.6. The minimum absolute atomic E-state index is 0.0709. The molecule has 180 valence electrons. The maximum Gasteiger partial charge on any atom is 0.416 e. The number of hydrogen-bond acceptors (Lipinski definition) is 5. The second-order valence-electron chi connectivity index (χ2n) is 7.75. The van der Waals surface area contributed by atoms with Crippen LogP contribution in [-0.4, -0.2) is 41.8 Å².